The van der Waals surface area contributed by atoms with Crippen LogP contribution in [0.3, 0.4) is 0 Å². The van der Waals surface area contributed by atoms with E-state index in [2.05, 4.69) is 12.1 Å². The molecule has 0 amide bonds. The lowest BCUT2D eigenvalue weighted by Crippen LogP contribution is -2.18. The van der Waals surface area contributed by atoms with Crippen molar-refractivity contribution in [2.75, 3.05) is 0 Å². The van der Waals surface area contributed by atoms with E-state index in [1.807, 2.05) is 19.1 Å². The molecule has 2 unspecified atom stereocenters. The van der Waals surface area contributed by atoms with E-state index in [0.717, 1.165) is 17.9 Å². The largest absolute Gasteiger partial charge is 0.390 e. The van der Waals surface area contributed by atoms with E-state index in [1.54, 1.807) is 0 Å². The third-order valence-corrected chi connectivity index (χ3v) is 3.80. The van der Waals surface area contributed by atoms with Crippen molar-refractivity contribution in [3.8, 4) is 0 Å². The Morgan fingerprint density at radius 2 is 1.82 bits per heavy atom. The van der Waals surface area contributed by atoms with Crippen molar-refractivity contribution in [2.45, 2.75) is 57.2 Å². The van der Waals surface area contributed by atoms with E-state index in [0.29, 0.717) is 6.42 Å². The van der Waals surface area contributed by atoms with Crippen LogP contribution in [0, 0.1) is 0 Å². The average molecular weight is 234 g/mol. The molecule has 0 aliphatic heterocycles. The number of rotatable bonds is 5. The summed E-state index contributed by atoms with van der Waals surface area (Å²) >= 11 is 0. The molecule has 2 heteroatoms. The Morgan fingerprint density at radius 1 is 1.18 bits per heavy atom. The number of hydrogen-bond acceptors (Lipinski definition) is 2. The van der Waals surface area contributed by atoms with Crippen molar-refractivity contribution >= 4 is 0 Å². The number of aliphatic hydroxyl groups excluding tert-OH is 2. The Labute approximate surface area is 103 Å². The third-order valence-electron chi connectivity index (χ3n) is 3.80. The van der Waals surface area contributed by atoms with Crippen LogP contribution in [0.4, 0.5) is 0 Å². The van der Waals surface area contributed by atoms with Gasteiger partial charge in [0.15, 0.2) is 0 Å². The molecule has 94 valence electrons. The molecule has 0 radical (unpaired) electrons. The summed E-state index contributed by atoms with van der Waals surface area (Å²) in [5.74, 6) is 0.724. The van der Waals surface area contributed by atoms with Gasteiger partial charge in [0.25, 0.3) is 0 Å². The first-order chi connectivity index (χ1) is 8.22. The summed E-state index contributed by atoms with van der Waals surface area (Å²) in [5.41, 5.74) is 2.20. The quantitative estimate of drug-likeness (QED) is 0.821. The third kappa shape index (κ3) is 2.88. The fourth-order valence-electron chi connectivity index (χ4n) is 2.38. The van der Waals surface area contributed by atoms with Gasteiger partial charge >= 0.3 is 0 Å². The molecule has 2 N–H and O–H groups in total. The first-order valence-electron chi connectivity index (χ1n) is 6.68. The highest BCUT2D eigenvalue weighted by Crippen LogP contribution is 2.36. The van der Waals surface area contributed by atoms with Gasteiger partial charge in [-0.3, -0.25) is 0 Å². The molecule has 2 rings (SSSR count). The van der Waals surface area contributed by atoms with Crippen LogP contribution >= 0.6 is 0 Å². The molecule has 2 nitrogen and oxygen atoms in total. The fraction of sp³-hybridized carbons (Fsp3) is 0.600. The zero-order valence-electron chi connectivity index (χ0n) is 10.5. The molecule has 1 aromatic carbocycles. The normalized spacial score (nSPS) is 19.7. The predicted molar refractivity (Wildman–Crippen MR) is 68.9 cm³/mol. The molecule has 1 aliphatic carbocycles. The molecule has 0 saturated heterocycles. The van der Waals surface area contributed by atoms with Gasteiger partial charge in [-0.15, -0.1) is 0 Å². The SMILES string of the molecule is CCCC(O)C(O)c1ccc(C2CCC2)cc1. The second-order valence-corrected chi connectivity index (χ2v) is 5.10. The van der Waals surface area contributed by atoms with Crippen LogP contribution < -0.4 is 0 Å². The highest BCUT2D eigenvalue weighted by molar-refractivity contribution is 5.28. The van der Waals surface area contributed by atoms with E-state index in [1.165, 1.54) is 24.8 Å². The maximum Gasteiger partial charge on any atom is 0.105 e. The molecule has 1 saturated carbocycles. The van der Waals surface area contributed by atoms with E-state index < -0.39 is 12.2 Å². The van der Waals surface area contributed by atoms with Crippen molar-refractivity contribution in [1.82, 2.24) is 0 Å². The number of benzene rings is 1. The Bertz CT molecular complexity index is 340. The predicted octanol–water partition coefficient (Wildman–Crippen LogP) is 3.15. The summed E-state index contributed by atoms with van der Waals surface area (Å²) in [4.78, 5) is 0. The van der Waals surface area contributed by atoms with Gasteiger partial charge in [-0.05, 0) is 36.3 Å². The van der Waals surface area contributed by atoms with Gasteiger partial charge in [-0.1, -0.05) is 44.0 Å². The van der Waals surface area contributed by atoms with Gasteiger partial charge in [-0.25, -0.2) is 0 Å². The lowest BCUT2D eigenvalue weighted by atomic mass is 9.80. The summed E-state index contributed by atoms with van der Waals surface area (Å²) < 4.78 is 0. The first kappa shape index (κ1) is 12.6. The van der Waals surface area contributed by atoms with Crippen LogP contribution in [0.1, 0.15) is 62.2 Å². The summed E-state index contributed by atoms with van der Waals surface area (Å²) in [7, 11) is 0. The smallest absolute Gasteiger partial charge is 0.105 e. The molecule has 0 spiro atoms. The first-order valence-corrected chi connectivity index (χ1v) is 6.68. The lowest BCUT2D eigenvalue weighted by molar-refractivity contribution is 0.0131. The van der Waals surface area contributed by atoms with Crippen LogP contribution in [0.25, 0.3) is 0 Å². The van der Waals surface area contributed by atoms with E-state index in [4.69, 9.17) is 0 Å². The molecule has 2 atom stereocenters. The summed E-state index contributed by atoms with van der Waals surface area (Å²) in [6, 6.07) is 8.11. The highest BCUT2D eigenvalue weighted by atomic mass is 16.3. The maximum atomic E-state index is 9.97. The molecule has 0 bridgehead atoms. The van der Waals surface area contributed by atoms with E-state index in [9.17, 15) is 10.2 Å². The van der Waals surface area contributed by atoms with Gasteiger partial charge in [-0.2, -0.15) is 0 Å². The molecular formula is C15H22O2. The molecular weight excluding hydrogens is 212 g/mol. The van der Waals surface area contributed by atoms with Gasteiger partial charge in [0, 0.05) is 0 Å². The Hall–Kier alpha value is -0.860. The van der Waals surface area contributed by atoms with Crippen molar-refractivity contribution in [2.24, 2.45) is 0 Å². The molecule has 1 fully saturated rings. The minimum absolute atomic E-state index is 0.644. The minimum atomic E-state index is -0.745. The lowest BCUT2D eigenvalue weighted by Gasteiger charge is -2.26. The van der Waals surface area contributed by atoms with Crippen molar-refractivity contribution in [1.29, 1.82) is 0 Å². The Morgan fingerprint density at radius 3 is 2.29 bits per heavy atom. The number of aliphatic hydroxyl groups is 2. The van der Waals surface area contributed by atoms with Crippen molar-refractivity contribution in [3.05, 3.63) is 35.4 Å². The average Bonchev–Trinajstić information content (AvgIpc) is 2.27. The van der Waals surface area contributed by atoms with Crippen LogP contribution in [0.15, 0.2) is 24.3 Å². The maximum absolute atomic E-state index is 9.97. The summed E-state index contributed by atoms with van der Waals surface area (Å²) in [6.07, 6.45) is 4.06. The molecule has 1 aliphatic rings. The Balaban J connectivity index is 2.01. The van der Waals surface area contributed by atoms with Crippen LogP contribution in [0.5, 0.6) is 0 Å². The van der Waals surface area contributed by atoms with Crippen LogP contribution in [-0.2, 0) is 0 Å². The molecule has 1 aromatic rings. The molecule has 0 heterocycles. The summed E-state index contributed by atoms with van der Waals surface area (Å²) in [6.45, 7) is 2.01. The zero-order valence-corrected chi connectivity index (χ0v) is 10.5. The highest BCUT2D eigenvalue weighted by Gasteiger charge is 2.21. The molecule has 17 heavy (non-hydrogen) atoms. The zero-order chi connectivity index (χ0) is 12.3. The Kier molecular flexibility index (Phi) is 4.19. The van der Waals surface area contributed by atoms with Crippen molar-refractivity contribution < 1.29 is 10.2 Å². The topological polar surface area (TPSA) is 40.5 Å². The van der Waals surface area contributed by atoms with Crippen molar-refractivity contribution in [3.63, 3.8) is 0 Å². The second kappa shape index (κ2) is 5.65. The molecule has 0 aromatic heterocycles. The van der Waals surface area contributed by atoms with E-state index in [-0.39, 0.29) is 0 Å². The van der Waals surface area contributed by atoms with Gasteiger partial charge in [0.1, 0.15) is 6.10 Å². The monoisotopic (exact) mass is 234 g/mol. The fourth-order valence-corrected chi connectivity index (χ4v) is 2.38. The van der Waals surface area contributed by atoms with Crippen LogP contribution in [-0.4, -0.2) is 16.3 Å². The van der Waals surface area contributed by atoms with Gasteiger partial charge in [0.05, 0.1) is 6.10 Å². The number of hydrogen-bond donors (Lipinski definition) is 2. The van der Waals surface area contributed by atoms with E-state index >= 15 is 0 Å². The standard InChI is InChI=1S/C15H22O2/c1-2-4-14(16)15(17)13-9-7-12(8-10-13)11-5-3-6-11/h7-11,14-17H,2-6H2,1H3. The van der Waals surface area contributed by atoms with Gasteiger partial charge in [0.2, 0.25) is 0 Å². The second-order valence-electron chi connectivity index (χ2n) is 5.10. The van der Waals surface area contributed by atoms with Gasteiger partial charge < -0.3 is 10.2 Å². The minimum Gasteiger partial charge on any atom is -0.390 e. The van der Waals surface area contributed by atoms with Crippen LogP contribution in [0.2, 0.25) is 0 Å². The summed E-state index contributed by atoms with van der Waals surface area (Å²) in [5, 5.41) is 19.7.